The molecule has 1 saturated heterocycles. The van der Waals surface area contributed by atoms with Gasteiger partial charge < -0.3 is 15.5 Å². The van der Waals surface area contributed by atoms with Crippen molar-refractivity contribution in [3.63, 3.8) is 0 Å². The predicted molar refractivity (Wildman–Crippen MR) is 116 cm³/mol. The summed E-state index contributed by atoms with van der Waals surface area (Å²) < 4.78 is 24.7. The molecule has 1 amide bonds. The Bertz CT molecular complexity index is 1010. The van der Waals surface area contributed by atoms with E-state index in [2.05, 4.69) is 35.8 Å². The van der Waals surface area contributed by atoms with E-state index in [1.165, 1.54) is 10.6 Å². The first-order valence-corrected chi connectivity index (χ1v) is 11.7. The molecular weight excluding hydrogens is 388 g/mol. The largest absolute Gasteiger partial charge is 0.381 e. The minimum Gasteiger partial charge on any atom is -0.381 e. The van der Waals surface area contributed by atoms with Crippen molar-refractivity contribution in [2.45, 2.75) is 13.0 Å². The number of sulfonamides is 1. The van der Waals surface area contributed by atoms with Crippen molar-refractivity contribution in [3.05, 3.63) is 48.0 Å². The van der Waals surface area contributed by atoms with Crippen molar-refractivity contribution >= 4 is 27.3 Å². The summed E-state index contributed by atoms with van der Waals surface area (Å²) in [5.41, 5.74) is 4.95. The van der Waals surface area contributed by atoms with Gasteiger partial charge in [0.15, 0.2) is 0 Å². The molecule has 1 atom stereocenters. The van der Waals surface area contributed by atoms with Gasteiger partial charge in [-0.25, -0.2) is 8.42 Å². The zero-order valence-corrected chi connectivity index (χ0v) is 17.5. The predicted octanol–water partition coefficient (Wildman–Crippen LogP) is 2.30. The standard InChI is InChI=1S/C21H26N4O3S/c1-15-14-22-20-13-18(7-8-19(20)23-15)16-3-5-17(6-4-16)21(26)24-9-11-25(12-10-24)29(2,27)28/h3-8,13,15,22-23H,9-12,14H2,1-2H3/t15-/m0/s1. The number of piperazine rings is 1. The fraction of sp³-hybridized carbons (Fsp3) is 0.381. The highest BCUT2D eigenvalue weighted by molar-refractivity contribution is 7.88. The normalized spacial score (nSPS) is 19.8. The van der Waals surface area contributed by atoms with Gasteiger partial charge in [-0.3, -0.25) is 4.79 Å². The quantitative estimate of drug-likeness (QED) is 0.805. The molecule has 2 N–H and O–H groups in total. The van der Waals surface area contributed by atoms with E-state index in [4.69, 9.17) is 0 Å². The topological polar surface area (TPSA) is 81.8 Å². The van der Waals surface area contributed by atoms with Crippen LogP contribution in [0.15, 0.2) is 42.5 Å². The van der Waals surface area contributed by atoms with Crippen molar-refractivity contribution in [3.8, 4) is 11.1 Å². The fourth-order valence-electron chi connectivity index (χ4n) is 3.79. The maximum Gasteiger partial charge on any atom is 0.253 e. The third kappa shape index (κ3) is 4.23. The zero-order chi connectivity index (χ0) is 20.6. The molecule has 2 aliphatic rings. The number of hydrogen-bond acceptors (Lipinski definition) is 5. The minimum absolute atomic E-state index is 0.0602. The lowest BCUT2D eigenvalue weighted by Gasteiger charge is -2.33. The number of nitrogens with one attached hydrogen (secondary N) is 2. The Morgan fingerprint density at radius 3 is 2.28 bits per heavy atom. The van der Waals surface area contributed by atoms with E-state index < -0.39 is 10.0 Å². The van der Waals surface area contributed by atoms with Gasteiger partial charge in [-0.1, -0.05) is 18.2 Å². The van der Waals surface area contributed by atoms with Crippen LogP contribution in [0, 0.1) is 0 Å². The lowest BCUT2D eigenvalue weighted by molar-refractivity contribution is 0.0698. The van der Waals surface area contributed by atoms with E-state index in [0.717, 1.165) is 29.0 Å². The van der Waals surface area contributed by atoms with E-state index in [0.29, 0.717) is 37.8 Å². The van der Waals surface area contributed by atoms with Crippen molar-refractivity contribution in [1.29, 1.82) is 0 Å². The number of carbonyl (C=O) groups excluding carboxylic acids is 1. The number of rotatable bonds is 3. The number of hydrogen-bond donors (Lipinski definition) is 2. The second-order valence-corrected chi connectivity index (χ2v) is 9.70. The average Bonchev–Trinajstić information content (AvgIpc) is 2.72. The van der Waals surface area contributed by atoms with Gasteiger partial charge in [0.2, 0.25) is 10.0 Å². The van der Waals surface area contributed by atoms with Crippen LogP contribution in [0.2, 0.25) is 0 Å². The Hall–Kier alpha value is -2.58. The smallest absolute Gasteiger partial charge is 0.253 e. The molecule has 0 radical (unpaired) electrons. The Balaban J connectivity index is 1.45. The Morgan fingerprint density at radius 1 is 0.966 bits per heavy atom. The molecule has 7 nitrogen and oxygen atoms in total. The Morgan fingerprint density at radius 2 is 1.62 bits per heavy atom. The van der Waals surface area contributed by atoms with Crippen LogP contribution in [-0.2, 0) is 10.0 Å². The van der Waals surface area contributed by atoms with Crippen LogP contribution in [0.3, 0.4) is 0 Å². The van der Waals surface area contributed by atoms with E-state index >= 15 is 0 Å². The van der Waals surface area contributed by atoms with Gasteiger partial charge in [-0.15, -0.1) is 0 Å². The van der Waals surface area contributed by atoms with Crippen LogP contribution >= 0.6 is 0 Å². The molecule has 0 aliphatic carbocycles. The number of nitrogens with zero attached hydrogens (tertiary/aromatic N) is 2. The van der Waals surface area contributed by atoms with E-state index in [9.17, 15) is 13.2 Å². The van der Waals surface area contributed by atoms with Crippen LogP contribution in [0.1, 0.15) is 17.3 Å². The molecule has 0 unspecified atom stereocenters. The lowest BCUT2D eigenvalue weighted by atomic mass is 10.0. The molecular formula is C21H26N4O3S. The van der Waals surface area contributed by atoms with Crippen LogP contribution in [0.5, 0.6) is 0 Å². The van der Waals surface area contributed by atoms with Gasteiger partial charge in [-0.05, 0) is 42.3 Å². The van der Waals surface area contributed by atoms with Gasteiger partial charge >= 0.3 is 0 Å². The molecule has 8 heteroatoms. The average molecular weight is 415 g/mol. The van der Waals surface area contributed by atoms with Crippen molar-refractivity contribution in [2.75, 3.05) is 49.6 Å². The van der Waals surface area contributed by atoms with Crippen LogP contribution in [0.4, 0.5) is 11.4 Å². The van der Waals surface area contributed by atoms with Crippen LogP contribution in [-0.4, -0.2) is 68.6 Å². The molecule has 2 heterocycles. The number of amides is 1. The summed E-state index contributed by atoms with van der Waals surface area (Å²) in [6, 6.07) is 14.3. The van der Waals surface area contributed by atoms with Crippen molar-refractivity contribution in [2.24, 2.45) is 0 Å². The maximum atomic E-state index is 12.8. The molecule has 0 aromatic heterocycles. The first kappa shape index (κ1) is 19.7. The Labute approximate surface area is 171 Å². The van der Waals surface area contributed by atoms with Crippen LogP contribution < -0.4 is 10.6 Å². The van der Waals surface area contributed by atoms with E-state index in [1.807, 2.05) is 24.3 Å². The minimum atomic E-state index is -3.20. The molecule has 2 aromatic rings. The summed E-state index contributed by atoms with van der Waals surface area (Å²) >= 11 is 0. The third-order valence-electron chi connectivity index (χ3n) is 5.48. The van der Waals surface area contributed by atoms with E-state index in [1.54, 1.807) is 4.90 Å². The fourth-order valence-corrected chi connectivity index (χ4v) is 4.61. The highest BCUT2D eigenvalue weighted by Gasteiger charge is 2.26. The first-order valence-electron chi connectivity index (χ1n) is 9.80. The van der Waals surface area contributed by atoms with Crippen molar-refractivity contribution < 1.29 is 13.2 Å². The Kier molecular flexibility index (Phi) is 5.23. The molecule has 2 aliphatic heterocycles. The number of anilines is 2. The molecule has 0 spiro atoms. The molecule has 4 rings (SSSR count). The summed E-state index contributed by atoms with van der Waals surface area (Å²) in [6.07, 6.45) is 1.20. The number of fused-ring (bicyclic) bond motifs is 1. The van der Waals surface area contributed by atoms with Gasteiger partial charge in [0.05, 0.1) is 17.6 Å². The number of carbonyl (C=O) groups is 1. The summed E-state index contributed by atoms with van der Waals surface area (Å²) in [7, 11) is -3.20. The maximum absolute atomic E-state index is 12.8. The summed E-state index contributed by atoms with van der Waals surface area (Å²) in [5.74, 6) is -0.0602. The molecule has 0 saturated carbocycles. The molecule has 1 fully saturated rings. The summed E-state index contributed by atoms with van der Waals surface area (Å²) in [5, 5.41) is 6.90. The van der Waals surface area contributed by atoms with Gasteiger partial charge in [0.25, 0.3) is 5.91 Å². The zero-order valence-electron chi connectivity index (χ0n) is 16.7. The van der Waals surface area contributed by atoms with Crippen LogP contribution in [0.25, 0.3) is 11.1 Å². The molecule has 29 heavy (non-hydrogen) atoms. The lowest BCUT2D eigenvalue weighted by Crippen LogP contribution is -2.50. The van der Waals surface area contributed by atoms with Gasteiger partial charge in [0, 0.05) is 44.3 Å². The van der Waals surface area contributed by atoms with Crippen molar-refractivity contribution in [1.82, 2.24) is 9.21 Å². The second kappa shape index (κ2) is 7.68. The summed E-state index contributed by atoms with van der Waals surface area (Å²) in [6.45, 7) is 4.54. The SMILES string of the molecule is C[C@H]1CNc2cc(-c3ccc(C(=O)N4CCN(S(C)(=O)=O)CC4)cc3)ccc2N1. The first-order chi connectivity index (χ1) is 13.8. The third-order valence-corrected chi connectivity index (χ3v) is 6.78. The van der Waals surface area contributed by atoms with Gasteiger partial charge in [-0.2, -0.15) is 4.31 Å². The van der Waals surface area contributed by atoms with E-state index in [-0.39, 0.29) is 5.91 Å². The molecule has 0 bridgehead atoms. The number of benzene rings is 2. The summed E-state index contributed by atoms with van der Waals surface area (Å²) in [4.78, 5) is 14.5. The monoisotopic (exact) mass is 414 g/mol. The molecule has 154 valence electrons. The second-order valence-electron chi connectivity index (χ2n) is 7.72. The highest BCUT2D eigenvalue weighted by atomic mass is 32.2. The molecule has 2 aromatic carbocycles. The van der Waals surface area contributed by atoms with Gasteiger partial charge in [0.1, 0.15) is 0 Å². The highest BCUT2D eigenvalue weighted by Crippen LogP contribution is 2.31.